The summed E-state index contributed by atoms with van der Waals surface area (Å²) >= 11 is 6.08. The summed E-state index contributed by atoms with van der Waals surface area (Å²) in [7, 11) is 0.622. The first-order valence-electron chi connectivity index (χ1n) is 8.48. The van der Waals surface area contributed by atoms with Gasteiger partial charge >= 0.3 is 0 Å². The molecule has 0 aliphatic rings. The van der Waals surface area contributed by atoms with Gasteiger partial charge in [-0.3, -0.25) is 9.10 Å². The van der Waals surface area contributed by atoms with Crippen LogP contribution in [0.1, 0.15) is 6.92 Å². The van der Waals surface area contributed by atoms with Crippen molar-refractivity contribution >= 4 is 38.9 Å². The number of nitrogens with zero attached hydrogens (tertiary/aromatic N) is 1. The van der Waals surface area contributed by atoms with Crippen LogP contribution in [0.2, 0.25) is 5.02 Å². The van der Waals surface area contributed by atoms with Crippen LogP contribution in [-0.2, 0) is 14.8 Å². The number of carbonyl (C=O) groups excluding carboxylic acids is 1. The van der Waals surface area contributed by atoms with Crippen molar-refractivity contribution < 1.29 is 27.4 Å². The molecular formula is C19H23ClN2O6S. The molecule has 0 heterocycles. The van der Waals surface area contributed by atoms with E-state index in [0.29, 0.717) is 33.6 Å². The molecule has 1 N–H and O–H groups in total. The van der Waals surface area contributed by atoms with Gasteiger partial charge in [-0.15, -0.1) is 0 Å². The van der Waals surface area contributed by atoms with Crippen LogP contribution in [0.15, 0.2) is 36.4 Å². The molecule has 0 saturated heterocycles. The number of ether oxygens (including phenoxy) is 3. The van der Waals surface area contributed by atoms with Crippen LogP contribution in [0.4, 0.5) is 11.4 Å². The van der Waals surface area contributed by atoms with E-state index >= 15 is 0 Å². The summed E-state index contributed by atoms with van der Waals surface area (Å²) in [6.07, 6.45) is 1.03. The molecular weight excluding hydrogens is 420 g/mol. The highest BCUT2D eigenvalue weighted by atomic mass is 35.5. The van der Waals surface area contributed by atoms with Crippen molar-refractivity contribution in [2.24, 2.45) is 0 Å². The van der Waals surface area contributed by atoms with E-state index in [1.165, 1.54) is 40.4 Å². The van der Waals surface area contributed by atoms with Crippen LogP contribution in [-0.4, -0.2) is 48.0 Å². The molecule has 0 fully saturated rings. The largest absolute Gasteiger partial charge is 0.497 e. The van der Waals surface area contributed by atoms with Crippen molar-refractivity contribution in [1.82, 2.24) is 0 Å². The Hall–Kier alpha value is -2.65. The Morgan fingerprint density at radius 2 is 1.62 bits per heavy atom. The van der Waals surface area contributed by atoms with Gasteiger partial charge in [-0.05, 0) is 31.2 Å². The average Bonchev–Trinajstić information content (AvgIpc) is 2.68. The zero-order valence-electron chi connectivity index (χ0n) is 16.7. The second-order valence-corrected chi connectivity index (χ2v) is 8.38. The first-order chi connectivity index (χ1) is 13.6. The zero-order chi connectivity index (χ0) is 21.8. The van der Waals surface area contributed by atoms with Crippen molar-refractivity contribution in [2.75, 3.05) is 37.2 Å². The minimum Gasteiger partial charge on any atom is -0.497 e. The third-order valence-electron chi connectivity index (χ3n) is 4.15. The molecule has 2 aromatic carbocycles. The first kappa shape index (κ1) is 22.6. The molecule has 0 bridgehead atoms. The molecule has 0 aliphatic heterocycles. The highest BCUT2D eigenvalue weighted by molar-refractivity contribution is 7.92. The normalized spacial score (nSPS) is 12.1. The molecule has 10 heteroatoms. The summed E-state index contributed by atoms with van der Waals surface area (Å²) < 4.78 is 41.3. The van der Waals surface area contributed by atoms with E-state index in [9.17, 15) is 13.2 Å². The summed E-state index contributed by atoms with van der Waals surface area (Å²) in [5.74, 6) is 0.656. The second kappa shape index (κ2) is 9.23. The SMILES string of the molecule is COc1ccc(N([C@H](C)C(=O)Nc2cc(OC)c(Cl)cc2OC)S(C)(=O)=O)cc1. The minimum absolute atomic E-state index is 0.300. The summed E-state index contributed by atoms with van der Waals surface area (Å²) in [6, 6.07) is 8.31. The fraction of sp³-hybridized carbons (Fsp3) is 0.316. The zero-order valence-corrected chi connectivity index (χ0v) is 18.3. The predicted octanol–water partition coefficient (Wildman–Crippen LogP) is 3.16. The molecule has 0 unspecified atom stereocenters. The van der Waals surface area contributed by atoms with Crippen LogP contribution in [0.5, 0.6) is 17.2 Å². The predicted molar refractivity (Wildman–Crippen MR) is 113 cm³/mol. The van der Waals surface area contributed by atoms with Gasteiger partial charge in [0, 0.05) is 12.1 Å². The van der Waals surface area contributed by atoms with Gasteiger partial charge in [0.2, 0.25) is 15.9 Å². The average molecular weight is 443 g/mol. The lowest BCUT2D eigenvalue weighted by molar-refractivity contribution is -0.116. The Kier molecular flexibility index (Phi) is 7.21. The third-order valence-corrected chi connectivity index (χ3v) is 5.68. The van der Waals surface area contributed by atoms with Crippen LogP contribution in [0.25, 0.3) is 0 Å². The van der Waals surface area contributed by atoms with Gasteiger partial charge in [0.1, 0.15) is 23.3 Å². The summed E-state index contributed by atoms with van der Waals surface area (Å²) in [6.45, 7) is 1.49. The van der Waals surface area contributed by atoms with E-state index in [-0.39, 0.29) is 0 Å². The number of sulfonamides is 1. The topological polar surface area (TPSA) is 94.2 Å². The van der Waals surface area contributed by atoms with Crippen LogP contribution < -0.4 is 23.8 Å². The molecule has 0 spiro atoms. The maximum absolute atomic E-state index is 12.9. The maximum atomic E-state index is 12.9. The Morgan fingerprint density at radius 1 is 1.03 bits per heavy atom. The van der Waals surface area contributed by atoms with Gasteiger partial charge in [-0.2, -0.15) is 0 Å². The molecule has 0 aromatic heterocycles. The summed E-state index contributed by atoms with van der Waals surface area (Å²) in [4.78, 5) is 12.9. The van der Waals surface area contributed by atoms with E-state index in [2.05, 4.69) is 5.32 Å². The number of hydrogen-bond acceptors (Lipinski definition) is 6. The lowest BCUT2D eigenvalue weighted by Crippen LogP contribution is -2.45. The molecule has 0 radical (unpaired) electrons. The van der Waals surface area contributed by atoms with Gasteiger partial charge < -0.3 is 19.5 Å². The Morgan fingerprint density at radius 3 is 2.10 bits per heavy atom. The second-order valence-electron chi connectivity index (χ2n) is 6.11. The van der Waals surface area contributed by atoms with Crippen LogP contribution in [0, 0.1) is 0 Å². The van der Waals surface area contributed by atoms with Gasteiger partial charge in [-0.1, -0.05) is 11.6 Å². The number of halogens is 1. The molecule has 1 amide bonds. The summed E-state index contributed by atoms with van der Waals surface area (Å²) in [5.41, 5.74) is 0.630. The number of rotatable bonds is 8. The smallest absolute Gasteiger partial charge is 0.248 e. The highest BCUT2D eigenvalue weighted by Crippen LogP contribution is 2.36. The molecule has 2 rings (SSSR count). The first-order valence-corrected chi connectivity index (χ1v) is 10.7. The van der Waals surface area contributed by atoms with Gasteiger partial charge in [-0.25, -0.2) is 8.42 Å². The molecule has 158 valence electrons. The van der Waals surface area contributed by atoms with E-state index in [1.807, 2.05) is 0 Å². The molecule has 0 saturated carbocycles. The number of hydrogen-bond donors (Lipinski definition) is 1. The molecule has 8 nitrogen and oxygen atoms in total. The number of methoxy groups -OCH3 is 3. The number of anilines is 2. The van der Waals surface area contributed by atoms with E-state index in [4.69, 9.17) is 25.8 Å². The Balaban J connectivity index is 2.37. The number of carbonyl (C=O) groups is 1. The Labute approximate surface area is 175 Å². The van der Waals surface area contributed by atoms with Crippen LogP contribution >= 0.6 is 11.6 Å². The van der Waals surface area contributed by atoms with Crippen molar-refractivity contribution in [3.63, 3.8) is 0 Å². The maximum Gasteiger partial charge on any atom is 0.248 e. The van der Waals surface area contributed by atoms with Crippen molar-refractivity contribution in [1.29, 1.82) is 0 Å². The fourth-order valence-corrected chi connectivity index (χ4v) is 4.14. The van der Waals surface area contributed by atoms with E-state index in [1.54, 1.807) is 24.3 Å². The van der Waals surface area contributed by atoms with Crippen molar-refractivity contribution in [2.45, 2.75) is 13.0 Å². The van der Waals surface area contributed by atoms with E-state index in [0.717, 1.165) is 10.6 Å². The monoisotopic (exact) mass is 442 g/mol. The number of nitrogens with one attached hydrogen (secondary N) is 1. The lowest BCUT2D eigenvalue weighted by atomic mass is 10.2. The number of amides is 1. The molecule has 29 heavy (non-hydrogen) atoms. The quantitative estimate of drug-likeness (QED) is 0.674. The highest BCUT2D eigenvalue weighted by Gasteiger charge is 2.30. The summed E-state index contributed by atoms with van der Waals surface area (Å²) in [5, 5.41) is 2.99. The number of benzene rings is 2. The van der Waals surface area contributed by atoms with E-state index < -0.39 is 22.0 Å². The van der Waals surface area contributed by atoms with Crippen molar-refractivity contribution in [3.8, 4) is 17.2 Å². The van der Waals surface area contributed by atoms with Gasteiger partial charge in [0.25, 0.3) is 0 Å². The molecule has 1 atom stereocenters. The van der Waals surface area contributed by atoms with Crippen molar-refractivity contribution in [3.05, 3.63) is 41.4 Å². The standard InChI is InChI=1S/C19H23ClN2O6S/c1-12(22(29(5,24)25)13-6-8-14(26-2)9-7-13)19(23)21-16-11-17(27-3)15(20)10-18(16)28-4/h6-12H,1-5H3,(H,21,23)/t12-/m1/s1. The minimum atomic E-state index is -3.75. The van der Waals surface area contributed by atoms with Crippen LogP contribution in [0.3, 0.4) is 0 Å². The van der Waals surface area contributed by atoms with Gasteiger partial charge in [0.15, 0.2) is 0 Å². The van der Waals surface area contributed by atoms with Gasteiger partial charge in [0.05, 0.1) is 44.0 Å². The Bertz CT molecular complexity index is 979. The lowest BCUT2D eigenvalue weighted by Gasteiger charge is -2.28. The third kappa shape index (κ3) is 5.24. The fourth-order valence-electron chi connectivity index (χ4n) is 2.73. The molecule has 0 aliphatic carbocycles. The molecule has 2 aromatic rings.